The lowest BCUT2D eigenvalue weighted by Crippen LogP contribution is -2.30. The van der Waals surface area contributed by atoms with Gasteiger partial charge in [0.15, 0.2) is 0 Å². The number of carbonyl (C=O) groups is 1. The molecule has 134 valence electrons. The molecule has 1 N–H and O–H groups in total. The van der Waals surface area contributed by atoms with Crippen LogP contribution in [0, 0.1) is 6.92 Å². The minimum Gasteiger partial charge on any atom is -0.346 e. The molecule has 1 aromatic heterocycles. The first-order valence-corrected chi connectivity index (χ1v) is 9.36. The predicted octanol–water partition coefficient (Wildman–Crippen LogP) is 4.50. The molecule has 3 rings (SSSR count). The molecule has 0 saturated carbocycles. The minimum absolute atomic E-state index is 0.0972. The van der Waals surface area contributed by atoms with Crippen LogP contribution in [0.25, 0.3) is 11.4 Å². The minimum atomic E-state index is -0.254. The standard InChI is InChI=1S/C19H18ClN3O2S/c1-12-3-5-14(6-4-12)18-22-17(25-23-18)11-21-19(24)13(2)26-16-9-7-15(20)8-10-16/h3-10,13H,11H2,1-2H3,(H,21,24)/t13-/m0/s1. The lowest BCUT2D eigenvalue weighted by Gasteiger charge is -2.10. The van der Waals surface area contributed by atoms with E-state index in [1.54, 1.807) is 12.1 Å². The predicted molar refractivity (Wildman–Crippen MR) is 103 cm³/mol. The highest BCUT2D eigenvalue weighted by Crippen LogP contribution is 2.24. The van der Waals surface area contributed by atoms with Crippen molar-refractivity contribution in [3.63, 3.8) is 0 Å². The van der Waals surface area contributed by atoms with Gasteiger partial charge >= 0.3 is 0 Å². The summed E-state index contributed by atoms with van der Waals surface area (Å²) < 4.78 is 5.21. The molecule has 0 radical (unpaired) electrons. The van der Waals surface area contributed by atoms with Crippen LogP contribution in [0.3, 0.4) is 0 Å². The zero-order valence-electron chi connectivity index (χ0n) is 14.4. The second-order valence-electron chi connectivity index (χ2n) is 5.81. The van der Waals surface area contributed by atoms with E-state index in [0.717, 1.165) is 16.0 Å². The number of halogens is 1. The molecule has 0 fully saturated rings. The number of thioether (sulfide) groups is 1. The molecule has 0 aliphatic rings. The third-order valence-corrected chi connectivity index (χ3v) is 5.05. The van der Waals surface area contributed by atoms with Crippen molar-refractivity contribution in [2.45, 2.75) is 30.5 Å². The SMILES string of the molecule is Cc1ccc(-c2noc(CNC(=O)[C@H](C)Sc3ccc(Cl)cc3)n2)cc1. The van der Waals surface area contributed by atoms with Gasteiger partial charge in [0, 0.05) is 15.5 Å². The number of amides is 1. The number of aryl methyl sites for hydroxylation is 1. The molecule has 1 amide bonds. The van der Waals surface area contributed by atoms with Gasteiger partial charge in [0.2, 0.25) is 17.6 Å². The smallest absolute Gasteiger partial charge is 0.246 e. The maximum absolute atomic E-state index is 12.3. The van der Waals surface area contributed by atoms with Crippen molar-refractivity contribution < 1.29 is 9.32 Å². The summed E-state index contributed by atoms with van der Waals surface area (Å²) in [6.07, 6.45) is 0. The van der Waals surface area contributed by atoms with Crippen molar-refractivity contribution in [1.29, 1.82) is 0 Å². The molecule has 1 heterocycles. The topological polar surface area (TPSA) is 68.0 Å². The second kappa shape index (κ2) is 8.38. The van der Waals surface area contributed by atoms with E-state index < -0.39 is 0 Å². The van der Waals surface area contributed by atoms with Crippen molar-refractivity contribution in [3.8, 4) is 11.4 Å². The zero-order valence-corrected chi connectivity index (χ0v) is 16.0. The molecule has 3 aromatic rings. The van der Waals surface area contributed by atoms with Crippen molar-refractivity contribution >= 4 is 29.3 Å². The maximum Gasteiger partial charge on any atom is 0.246 e. The molecule has 0 bridgehead atoms. The molecule has 5 nitrogen and oxygen atoms in total. The number of hydrogen-bond acceptors (Lipinski definition) is 5. The van der Waals surface area contributed by atoms with E-state index in [9.17, 15) is 4.79 Å². The Balaban J connectivity index is 1.54. The fourth-order valence-corrected chi connectivity index (χ4v) is 3.24. The van der Waals surface area contributed by atoms with Gasteiger partial charge in [-0.25, -0.2) is 0 Å². The van der Waals surface area contributed by atoms with E-state index in [0.29, 0.717) is 16.7 Å². The Labute approximate surface area is 161 Å². The highest BCUT2D eigenvalue weighted by Gasteiger charge is 2.16. The molecule has 7 heteroatoms. The summed E-state index contributed by atoms with van der Waals surface area (Å²) in [6, 6.07) is 15.2. The number of nitrogens with one attached hydrogen (secondary N) is 1. The van der Waals surface area contributed by atoms with Gasteiger partial charge in [-0.15, -0.1) is 11.8 Å². The third kappa shape index (κ3) is 4.86. The second-order valence-corrected chi connectivity index (χ2v) is 7.66. The van der Waals surface area contributed by atoms with Crippen LogP contribution in [0.2, 0.25) is 5.02 Å². The van der Waals surface area contributed by atoms with E-state index in [2.05, 4.69) is 15.5 Å². The number of nitrogens with zero attached hydrogens (tertiary/aromatic N) is 2. The monoisotopic (exact) mass is 387 g/mol. The number of rotatable bonds is 6. The lowest BCUT2D eigenvalue weighted by atomic mass is 10.1. The normalized spacial score (nSPS) is 12.0. The van der Waals surface area contributed by atoms with Gasteiger partial charge in [-0.3, -0.25) is 4.79 Å². The van der Waals surface area contributed by atoms with Gasteiger partial charge in [-0.05, 0) is 38.1 Å². The van der Waals surface area contributed by atoms with Crippen LogP contribution in [0.4, 0.5) is 0 Å². The van der Waals surface area contributed by atoms with Crippen molar-refractivity contribution in [2.75, 3.05) is 0 Å². The Kier molecular flexibility index (Phi) is 5.96. The number of aromatic nitrogens is 2. The summed E-state index contributed by atoms with van der Waals surface area (Å²) in [7, 11) is 0. The summed E-state index contributed by atoms with van der Waals surface area (Å²) in [5.41, 5.74) is 2.04. The first kappa shape index (κ1) is 18.5. The van der Waals surface area contributed by atoms with Crippen molar-refractivity contribution in [1.82, 2.24) is 15.5 Å². The zero-order chi connectivity index (χ0) is 18.5. The Morgan fingerprint density at radius 3 is 2.58 bits per heavy atom. The van der Waals surface area contributed by atoms with Gasteiger partial charge < -0.3 is 9.84 Å². The van der Waals surface area contributed by atoms with E-state index in [-0.39, 0.29) is 17.7 Å². The summed E-state index contributed by atoms with van der Waals surface area (Å²) in [5, 5.41) is 7.20. The number of carbonyl (C=O) groups excluding carboxylic acids is 1. The van der Waals surface area contributed by atoms with Gasteiger partial charge in [0.1, 0.15) is 0 Å². The molecule has 0 unspecified atom stereocenters. The Morgan fingerprint density at radius 2 is 1.88 bits per heavy atom. The van der Waals surface area contributed by atoms with Gasteiger partial charge in [0.25, 0.3) is 0 Å². The number of hydrogen-bond donors (Lipinski definition) is 1. The van der Waals surface area contributed by atoms with Crippen LogP contribution in [-0.4, -0.2) is 21.3 Å². The van der Waals surface area contributed by atoms with Crippen LogP contribution in [0.5, 0.6) is 0 Å². The van der Waals surface area contributed by atoms with Crippen molar-refractivity contribution in [3.05, 3.63) is 65.0 Å². The molecular formula is C19H18ClN3O2S. The van der Waals surface area contributed by atoms with Crippen molar-refractivity contribution in [2.24, 2.45) is 0 Å². The van der Waals surface area contributed by atoms with Gasteiger partial charge in [-0.1, -0.05) is 46.6 Å². The van der Waals surface area contributed by atoms with E-state index in [4.69, 9.17) is 16.1 Å². The average Bonchev–Trinajstić information content (AvgIpc) is 3.11. The van der Waals surface area contributed by atoms with Crippen LogP contribution < -0.4 is 5.32 Å². The lowest BCUT2D eigenvalue weighted by molar-refractivity contribution is -0.120. The Morgan fingerprint density at radius 1 is 1.19 bits per heavy atom. The molecule has 0 saturated heterocycles. The highest BCUT2D eigenvalue weighted by atomic mass is 35.5. The largest absolute Gasteiger partial charge is 0.346 e. The maximum atomic E-state index is 12.3. The first-order valence-electron chi connectivity index (χ1n) is 8.11. The Bertz CT molecular complexity index is 879. The molecule has 0 aliphatic heterocycles. The van der Waals surface area contributed by atoms with Crippen LogP contribution in [0.15, 0.2) is 57.9 Å². The highest BCUT2D eigenvalue weighted by molar-refractivity contribution is 8.00. The Hall–Kier alpha value is -2.31. The summed E-state index contributed by atoms with van der Waals surface area (Å²) in [6.45, 7) is 4.06. The van der Waals surface area contributed by atoms with Crippen LogP contribution in [0.1, 0.15) is 18.4 Å². The molecule has 26 heavy (non-hydrogen) atoms. The first-order chi connectivity index (χ1) is 12.5. The van der Waals surface area contributed by atoms with Crippen LogP contribution >= 0.6 is 23.4 Å². The van der Waals surface area contributed by atoms with E-state index in [1.165, 1.54) is 11.8 Å². The number of benzene rings is 2. The quantitative estimate of drug-likeness (QED) is 0.631. The fourth-order valence-electron chi connectivity index (χ4n) is 2.22. The summed E-state index contributed by atoms with van der Waals surface area (Å²) >= 11 is 7.33. The molecule has 1 atom stereocenters. The average molecular weight is 388 g/mol. The third-order valence-electron chi connectivity index (χ3n) is 3.69. The van der Waals surface area contributed by atoms with Gasteiger partial charge in [-0.2, -0.15) is 4.98 Å². The van der Waals surface area contributed by atoms with Gasteiger partial charge in [0.05, 0.1) is 11.8 Å². The molecular weight excluding hydrogens is 370 g/mol. The van der Waals surface area contributed by atoms with E-state index in [1.807, 2.05) is 50.2 Å². The molecule has 2 aromatic carbocycles. The molecule has 0 spiro atoms. The fraction of sp³-hybridized carbons (Fsp3) is 0.211. The molecule has 0 aliphatic carbocycles. The summed E-state index contributed by atoms with van der Waals surface area (Å²) in [4.78, 5) is 17.6. The summed E-state index contributed by atoms with van der Waals surface area (Å²) in [5.74, 6) is 0.787. The van der Waals surface area contributed by atoms with E-state index >= 15 is 0 Å². The van der Waals surface area contributed by atoms with Crippen LogP contribution in [-0.2, 0) is 11.3 Å².